The molecule has 0 saturated heterocycles. The minimum atomic E-state index is -0.273. The minimum Gasteiger partial charge on any atom is -0.501 e. The summed E-state index contributed by atoms with van der Waals surface area (Å²) in [7, 11) is 4.77. The average molecular weight is 279 g/mol. The predicted octanol–water partition coefficient (Wildman–Crippen LogP) is 2.41. The smallest absolute Gasteiger partial charge is 0.203 e. The SMILES string of the molecule is COc1ccc(C(N)C2=COCCC2)c(OC)c1OC. The first-order valence-corrected chi connectivity index (χ1v) is 6.58. The van der Waals surface area contributed by atoms with Gasteiger partial charge in [-0.2, -0.15) is 0 Å². The summed E-state index contributed by atoms with van der Waals surface area (Å²) in [5.41, 5.74) is 8.26. The molecule has 1 aliphatic rings. The number of nitrogens with two attached hydrogens (primary N) is 1. The lowest BCUT2D eigenvalue weighted by Crippen LogP contribution is -2.17. The Hall–Kier alpha value is -1.88. The van der Waals surface area contributed by atoms with E-state index in [2.05, 4.69) is 0 Å². The van der Waals surface area contributed by atoms with Crippen molar-refractivity contribution >= 4 is 0 Å². The maximum absolute atomic E-state index is 6.34. The highest BCUT2D eigenvalue weighted by atomic mass is 16.5. The molecule has 0 saturated carbocycles. The van der Waals surface area contributed by atoms with E-state index in [0.29, 0.717) is 17.2 Å². The molecule has 2 N–H and O–H groups in total. The molecule has 1 unspecified atom stereocenters. The number of hydrogen-bond donors (Lipinski definition) is 1. The molecule has 0 spiro atoms. The van der Waals surface area contributed by atoms with Gasteiger partial charge < -0.3 is 24.7 Å². The third-order valence-corrected chi connectivity index (χ3v) is 3.43. The third kappa shape index (κ3) is 2.67. The van der Waals surface area contributed by atoms with Crippen LogP contribution in [0, 0.1) is 0 Å². The first-order chi connectivity index (χ1) is 9.72. The van der Waals surface area contributed by atoms with Crippen molar-refractivity contribution in [3.63, 3.8) is 0 Å². The van der Waals surface area contributed by atoms with Crippen molar-refractivity contribution in [3.8, 4) is 17.2 Å². The molecule has 1 aromatic rings. The van der Waals surface area contributed by atoms with Crippen LogP contribution in [-0.4, -0.2) is 27.9 Å². The van der Waals surface area contributed by atoms with E-state index < -0.39 is 0 Å². The molecule has 5 nitrogen and oxygen atoms in total. The second-order valence-corrected chi connectivity index (χ2v) is 4.57. The molecule has 0 aromatic heterocycles. The predicted molar refractivity (Wildman–Crippen MR) is 76.3 cm³/mol. The van der Waals surface area contributed by atoms with Crippen LogP contribution in [0.3, 0.4) is 0 Å². The van der Waals surface area contributed by atoms with Gasteiger partial charge in [0.1, 0.15) is 0 Å². The zero-order valence-corrected chi connectivity index (χ0v) is 12.1. The summed E-state index contributed by atoms with van der Waals surface area (Å²) in [5.74, 6) is 1.78. The van der Waals surface area contributed by atoms with Crippen LogP contribution in [0.5, 0.6) is 17.2 Å². The summed E-state index contributed by atoms with van der Waals surface area (Å²) in [6, 6.07) is 3.46. The molecular weight excluding hydrogens is 258 g/mol. The van der Waals surface area contributed by atoms with Crippen LogP contribution in [-0.2, 0) is 4.74 Å². The summed E-state index contributed by atoms with van der Waals surface area (Å²) in [5, 5.41) is 0. The van der Waals surface area contributed by atoms with Crippen LogP contribution in [0.1, 0.15) is 24.4 Å². The van der Waals surface area contributed by atoms with Gasteiger partial charge in [0.2, 0.25) is 5.75 Å². The highest BCUT2D eigenvalue weighted by Crippen LogP contribution is 2.43. The molecule has 1 aliphatic heterocycles. The topological polar surface area (TPSA) is 62.9 Å². The molecule has 0 aliphatic carbocycles. The minimum absolute atomic E-state index is 0.273. The Morgan fingerprint density at radius 2 is 1.85 bits per heavy atom. The van der Waals surface area contributed by atoms with Gasteiger partial charge in [-0.1, -0.05) is 0 Å². The fourth-order valence-electron chi connectivity index (χ4n) is 2.38. The van der Waals surface area contributed by atoms with E-state index in [-0.39, 0.29) is 6.04 Å². The van der Waals surface area contributed by atoms with Crippen LogP contribution in [0.4, 0.5) is 0 Å². The molecule has 20 heavy (non-hydrogen) atoms. The number of methoxy groups -OCH3 is 3. The molecule has 0 bridgehead atoms. The lowest BCUT2D eigenvalue weighted by molar-refractivity contribution is 0.221. The third-order valence-electron chi connectivity index (χ3n) is 3.43. The van der Waals surface area contributed by atoms with Crippen LogP contribution in [0.15, 0.2) is 24.0 Å². The van der Waals surface area contributed by atoms with Gasteiger partial charge in [0, 0.05) is 5.56 Å². The van der Waals surface area contributed by atoms with E-state index in [1.807, 2.05) is 12.1 Å². The number of hydrogen-bond acceptors (Lipinski definition) is 5. The zero-order chi connectivity index (χ0) is 14.5. The maximum atomic E-state index is 6.34. The Kier molecular flexibility index (Phi) is 4.74. The molecule has 1 aromatic carbocycles. The standard InChI is InChI=1S/C15H21NO4/c1-17-12-7-6-11(14(18-2)15(12)19-3)13(16)10-5-4-8-20-9-10/h6-7,9,13H,4-5,8,16H2,1-3H3. The Labute approximate surface area is 119 Å². The Bertz CT molecular complexity index is 499. The molecule has 1 heterocycles. The van der Waals surface area contributed by atoms with Gasteiger partial charge in [0.15, 0.2) is 11.5 Å². The summed E-state index contributed by atoms with van der Waals surface area (Å²) in [6.07, 6.45) is 3.66. The lowest BCUT2D eigenvalue weighted by atomic mass is 9.95. The van der Waals surface area contributed by atoms with Gasteiger partial charge in [-0.15, -0.1) is 0 Å². The second-order valence-electron chi connectivity index (χ2n) is 4.57. The molecule has 1 atom stereocenters. The highest BCUT2D eigenvalue weighted by molar-refractivity contribution is 5.57. The van der Waals surface area contributed by atoms with Gasteiger partial charge in [0.25, 0.3) is 0 Å². The van der Waals surface area contributed by atoms with Crippen molar-refractivity contribution in [3.05, 3.63) is 29.5 Å². The Balaban J connectivity index is 2.42. The van der Waals surface area contributed by atoms with Gasteiger partial charge >= 0.3 is 0 Å². The summed E-state index contributed by atoms with van der Waals surface area (Å²) < 4.78 is 21.5. The fraction of sp³-hybridized carbons (Fsp3) is 0.467. The summed E-state index contributed by atoms with van der Waals surface area (Å²) >= 11 is 0. The van der Waals surface area contributed by atoms with E-state index in [1.54, 1.807) is 27.6 Å². The molecule has 0 amide bonds. The van der Waals surface area contributed by atoms with E-state index >= 15 is 0 Å². The molecule has 2 rings (SSSR count). The number of ether oxygens (including phenoxy) is 4. The summed E-state index contributed by atoms with van der Waals surface area (Å²) in [4.78, 5) is 0. The molecular formula is C15H21NO4. The van der Waals surface area contributed by atoms with Crippen molar-refractivity contribution < 1.29 is 18.9 Å². The molecule has 0 fully saturated rings. The van der Waals surface area contributed by atoms with Gasteiger partial charge in [-0.05, 0) is 30.5 Å². The first-order valence-electron chi connectivity index (χ1n) is 6.58. The van der Waals surface area contributed by atoms with E-state index in [4.69, 9.17) is 24.7 Å². The van der Waals surface area contributed by atoms with Crippen molar-refractivity contribution in [2.45, 2.75) is 18.9 Å². The van der Waals surface area contributed by atoms with Crippen molar-refractivity contribution in [1.82, 2.24) is 0 Å². The van der Waals surface area contributed by atoms with Gasteiger partial charge in [-0.25, -0.2) is 0 Å². The highest BCUT2D eigenvalue weighted by Gasteiger charge is 2.23. The van der Waals surface area contributed by atoms with E-state index in [9.17, 15) is 0 Å². The molecule has 5 heteroatoms. The van der Waals surface area contributed by atoms with E-state index in [1.165, 1.54) is 0 Å². The van der Waals surface area contributed by atoms with Crippen molar-refractivity contribution in [2.75, 3.05) is 27.9 Å². The quantitative estimate of drug-likeness (QED) is 0.896. The van der Waals surface area contributed by atoms with E-state index in [0.717, 1.165) is 30.6 Å². The van der Waals surface area contributed by atoms with Crippen molar-refractivity contribution in [2.24, 2.45) is 5.73 Å². The van der Waals surface area contributed by atoms with Gasteiger partial charge in [0.05, 0.1) is 40.2 Å². The number of rotatable bonds is 5. The molecule has 110 valence electrons. The van der Waals surface area contributed by atoms with Crippen LogP contribution in [0.2, 0.25) is 0 Å². The van der Waals surface area contributed by atoms with Crippen LogP contribution in [0.25, 0.3) is 0 Å². The fourth-order valence-corrected chi connectivity index (χ4v) is 2.38. The average Bonchev–Trinajstić information content (AvgIpc) is 2.53. The second kappa shape index (κ2) is 6.52. The number of benzene rings is 1. The zero-order valence-electron chi connectivity index (χ0n) is 12.1. The van der Waals surface area contributed by atoms with Gasteiger partial charge in [-0.3, -0.25) is 0 Å². The lowest BCUT2D eigenvalue weighted by Gasteiger charge is -2.23. The Morgan fingerprint density at radius 1 is 1.10 bits per heavy atom. The van der Waals surface area contributed by atoms with Crippen LogP contribution >= 0.6 is 0 Å². The molecule has 0 radical (unpaired) electrons. The van der Waals surface area contributed by atoms with Crippen LogP contribution < -0.4 is 19.9 Å². The Morgan fingerprint density at radius 3 is 2.40 bits per heavy atom. The first kappa shape index (κ1) is 14.5. The normalized spacial score (nSPS) is 15.9. The maximum Gasteiger partial charge on any atom is 0.203 e. The summed E-state index contributed by atoms with van der Waals surface area (Å²) in [6.45, 7) is 0.749. The largest absolute Gasteiger partial charge is 0.501 e. The monoisotopic (exact) mass is 279 g/mol. The van der Waals surface area contributed by atoms with Crippen molar-refractivity contribution in [1.29, 1.82) is 0 Å².